The van der Waals surface area contributed by atoms with Gasteiger partial charge in [0.25, 0.3) is 0 Å². The number of hydrogen-bond donors (Lipinski definition) is 3. The van der Waals surface area contributed by atoms with Gasteiger partial charge in [0.15, 0.2) is 12.2 Å². The van der Waals surface area contributed by atoms with Crippen molar-refractivity contribution < 1.29 is 80.2 Å². The van der Waals surface area contributed by atoms with E-state index in [2.05, 4.69) is 55.4 Å². The summed E-state index contributed by atoms with van der Waals surface area (Å²) in [6, 6.07) is 0. The number of aliphatic hydroxyl groups is 1. The molecule has 0 heterocycles. The molecular formula is C64H124O17P2. The highest BCUT2D eigenvalue weighted by atomic mass is 31.2. The second-order valence-electron chi connectivity index (χ2n) is 24.4. The largest absolute Gasteiger partial charge is 0.472 e. The van der Waals surface area contributed by atoms with Gasteiger partial charge in [-0.05, 0) is 49.4 Å². The van der Waals surface area contributed by atoms with Gasteiger partial charge in [0.05, 0.1) is 26.4 Å². The van der Waals surface area contributed by atoms with Crippen LogP contribution in [-0.2, 0) is 65.4 Å². The van der Waals surface area contributed by atoms with E-state index in [1.54, 1.807) is 0 Å². The van der Waals surface area contributed by atoms with Crippen LogP contribution in [0.2, 0.25) is 0 Å². The second kappa shape index (κ2) is 54.2. The van der Waals surface area contributed by atoms with Gasteiger partial charge in [0.1, 0.15) is 19.3 Å². The van der Waals surface area contributed by atoms with Crippen molar-refractivity contribution in [2.75, 3.05) is 39.6 Å². The van der Waals surface area contributed by atoms with E-state index in [4.69, 9.17) is 37.0 Å². The third-order valence-corrected chi connectivity index (χ3v) is 17.6. The number of phosphoric ester groups is 2. The summed E-state index contributed by atoms with van der Waals surface area (Å²) in [7, 11) is -9.89. The zero-order valence-electron chi connectivity index (χ0n) is 53.8. The molecule has 5 unspecified atom stereocenters. The van der Waals surface area contributed by atoms with Crippen LogP contribution in [-0.4, -0.2) is 96.7 Å². The van der Waals surface area contributed by atoms with E-state index in [-0.39, 0.29) is 25.7 Å². The predicted octanol–water partition coefficient (Wildman–Crippen LogP) is 17.4. The minimum absolute atomic E-state index is 0.102. The average Bonchev–Trinajstić information content (AvgIpc) is 3.46. The van der Waals surface area contributed by atoms with Gasteiger partial charge in [0, 0.05) is 25.7 Å². The number of phosphoric acid groups is 2. The summed E-state index contributed by atoms with van der Waals surface area (Å²) >= 11 is 0. The molecule has 0 radical (unpaired) electrons. The van der Waals surface area contributed by atoms with Crippen molar-refractivity contribution in [3.8, 4) is 0 Å². The number of carbonyl (C=O) groups is 4. The highest BCUT2D eigenvalue weighted by molar-refractivity contribution is 7.47. The van der Waals surface area contributed by atoms with E-state index < -0.39 is 97.5 Å². The Morgan fingerprint density at radius 1 is 0.337 bits per heavy atom. The Morgan fingerprint density at radius 2 is 0.578 bits per heavy atom. The summed E-state index contributed by atoms with van der Waals surface area (Å²) in [5.74, 6) is 0.804. The fraction of sp³-hybridized carbons (Fsp3) is 0.938. The van der Waals surface area contributed by atoms with Gasteiger partial charge in [-0.3, -0.25) is 37.3 Å². The number of aliphatic hydroxyl groups excluding tert-OH is 1. The third kappa shape index (κ3) is 55.1. The molecule has 0 aromatic heterocycles. The third-order valence-electron chi connectivity index (χ3n) is 15.7. The van der Waals surface area contributed by atoms with Crippen LogP contribution in [0.15, 0.2) is 0 Å². The Labute approximate surface area is 505 Å². The first-order chi connectivity index (χ1) is 39.7. The molecule has 0 aromatic carbocycles. The van der Waals surface area contributed by atoms with Gasteiger partial charge in [-0.25, -0.2) is 9.13 Å². The summed E-state index contributed by atoms with van der Waals surface area (Å²) in [5.41, 5.74) is 0. The molecule has 0 aromatic rings. The lowest BCUT2D eigenvalue weighted by atomic mass is 9.99. The van der Waals surface area contributed by atoms with Gasteiger partial charge in [-0.1, -0.05) is 254 Å². The molecule has 0 aliphatic rings. The summed E-state index contributed by atoms with van der Waals surface area (Å²) in [5, 5.41) is 10.5. The number of ether oxygens (including phenoxy) is 4. The maximum atomic E-state index is 13.0. The molecule has 8 atom stereocenters. The lowest BCUT2D eigenvalue weighted by Crippen LogP contribution is -2.30. The van der Waals surface area contributed by atoms with E-state index in [9.17, 15) is 43.2 Å². The number of unbranched alkanes of at least 4 members (excludes halogenated alkanes) is 24. The SMILES string of the molecule is CCC(C)CCCCCCCCCCC(=O)O[C@H](COC(=O)CCCCCCCCC(C)CC)COP(=O)(O)OC[C@H](O)COP(=O)(O)OC[C@@H](COC(=O)CCCCCCCCCCC(C)C)OC(=O)CCCCCCCCC(C)CC. The summed E-state index contributed by atoms with van der Waals surface area (Å²) in [6.07, 6.45) is 33.5. The van der Waals surface area contributed by atoms with Gasteiger partial charge in [-0.2, -0.15) is 0 Å². The van der Waals surface area contributed by atoms with Crippen molar-refractivity contribution in [3.63, 3.8) is 0 Å². The number of hydrogen-bond acceptors (Lipinski definition) is 15. The highest BCUT2D eigenvalue weighted by Gasteiger charge is 2.30. The molecule has 3 N–H and O–H groups in total. The standard InChI is InChI=1S/C64H124O17P2/c1-9-55(6)41-33-25-17-13-15-19-30-38-46-63(68)80-59(51-75-62(67)45-37-29-22-20-26-34-42-56(7)10-2)52-78-82(70,71)76-48-58(65)49-77-83(72,73)79-53-60(81-64(69)47-39-31-23-21-27-35-43-57(8)11-3)50-74-61(66)44-36-28-18-14-12-16-24-32-40-54(4)5/h54-60,65H,9-53H2,1-8H3,(H,70,71)(H,72,73)/t55?,56?,57?,58-,59+,60+/m0/s1. The van der Waals surface area contributed by atoms with Crippen molar-refractivity contribution in [1.29, 1.82) is 0 Å². The maximum absolute atomic E-state index is 13.0. The Hall–Kier alpha value is -1.94. The first-order valence-corrected chi connectivity index (χ1v) is 36.3. The van der Waals surface area contributed by atoms with Crippen LogP contribution in [0.1, 0.15) is 306 Å². The zero-order valence-corrected chi connectivity index (χ0v) is 55.6. The fourth-order valence-corrected chi connectivity index (χ4v) is 10.9. The maximum Gasteiger partial charge on any atom is 0.472 e. The van der Waals surface area contributed by atoms with Crippen LogP contribution in [0.4, 0.5) is 0 Å². The van der Waals surface area contributed by atoms with E-state index >= 15 is 0 Å². The molecule has 492 valence electrons. The second-order valence-corrected chi connectivity index (χ2v) is 27.3. The molecule has 0 spiro atoms. The van der Waals surface area contributed by atoms with Gasteiger partial charge in [0.2, 0.25) is 0 Å². The first kappa shape index (κ1) is 81.1. The lowest BCUT2D eigenvalue weighted by molar-refractivity contribution is -0.161. The van der Waals surface area contributed by atoms with Gasteiger partial charge >= 0.3 is 39.5 Å². The van der Waals surface area contributed by atoms with Crippen LogP contribution >= 0.6 is 15.6 Å². The minimum Gasteiger partial charge on any atom is -0.462 e. The van der Waals surface area contributed by atoms with Crippen molar-refractivity contribution in [2.45, 2.75) is 324 Å². The molecule has 0 aliphatic heterocycles. The summed E-state index contributed by atoms with van der Waals surface area (Å²) < 4.78 is 68.0. The molecule has 19 heteroatoms. The number of esters is 4. The Balaban J connectivity index is 5.27. The van der Waals surface area contributed by atoms with Crippen molar-refractivity contribution in [2.24, 2.45) is 23.7 Å². The first-order valence-electron chi connectivity index (χ1n) is 33.3. The van der Waals surface area contributed by atoms with Gasteiger partial charge in [-0.15, -0.1) is 0 Å². The molecule has 0 bridgehead atoms. The molecule has 0 saturated heterocycles. The summed E-state index contributed by atoms with van der Waals surface area (Å²) in [4.78, 5) is 72.2. The van der Waals surface area contributed by atoms with Crippen LogP contribution in [0.25, 0.3) is 0 Å². The van der Waals surface area contributed by atoms with E-state index in [0.29, 0.717) is 25.7 Å². The lowest BCUT2D eigenvalue weighted by Gasteiger charge is -2.21. The monoisotopic (exact) mass is 1230 g/mol. The Morgan fingerprint density at radius 3 is 0.855 bits per heavy atom. The van der Waals surface area contributed by atoms with Gasteiger partial charge < -0.3 is 33.8 Å². The van der Waals surface area contributed by atoms with E-state index in [1.165, 1.54) is 103 Å². The molecule has 0 aliphatic carbocycles. The Kier molecular flexibility index (Phi) is 53.0. The number of rotatable bonds is 61. The van der Waals surface area contributed by atoms with Crippen LogP contribution in [0.3, 0.4) is 0 Å². The Bertz CT molecular complexity index is 1670. The molecule has 0 saturated carbocycles. The van der Waals surface area contributed by atoms with Crippen LogP contribution < -0.4 is 0 Å². The quantitative estimate of drug-likeness (QED) is 0.0222. The fourth-order valence-electron chi connectivity index (χ4n) is 9.33. The topological polar surface area (TPSA) is 237 Å². The molecule has 83 heavy (non-hydrogen) atoms. The molecule has 17 nitrogen and oxygen atoms in total. The number of carbonyl (C=O) groups excluding carboxylic acids is 4. The molecule has 0 fully saturated rings. The summed E-state index contributed by atoms with van der Waals surface area (Å²) in [6.45, 7) is 14.0. The molecule has 0 rings (SSSR count). The van der Waals surface area contributed by atoms with Crippen molar-refractivity contribution >= 4 is 39.5 Å². The zero-order chi connectivity index (χ0) is 61.8. The van der Waals surface area contributed by atoms with E-state index in [0.717, 1.165) is 120 Å². The van der Waals surface area contributed by atoms with Crippen molar-refractivity contribution in [3.05, 3.63) is 0 Å². The van der Waals surface area contributed by atoms with Crippen LogP contribution in [0.5, 0.6) is 0 Å². The minimum atomic E-state index is -4.95. The highest BCUT2D eigenvalue weighted by Crippen LogP contribution is 2.45. The molecule has 0 amide bonds. The van der Waals surface area contributed by atoms with Crippen LogP contribution in [0, 0.1) is 23.7 Å². The predicted molar refractivity (Wildman–Crippen MR) is 331 cm³/mol. The normalized spacial score (nSPS) is 15.4. The average molecular weight is 1230 g/mol. The molecular weight excluding hydrogens is 1100 g/mol. The smallest absolute Gasteiger partial charge is 0.462 e. The van der Waals surface area contributed by atoms with E-state index in [1.807, 2.05) is 0 Å². The van der Waals surface area contributed by atoms with Crippen molar-refractivity contribution in [1.82, 2.24) is 0 Å².